The number of aliphatic imine (C=N–C) groups is 1. The Morgan fingerprint density at radius 2 is 1.33 bits per heavy atom. The molecule has 0 saturated carbocycles. The Kier molecular flexibility index (Phi) is 8.09. The average Bonchev–Trinajstić information content (AvgIpc) is 3.03. The van der Waals surface area contributed by atoms with Gasteiger partial charge in [0.05, 0.1) is 19.6 Å². The molecule has 0 spiro atoms. The molecule has 1 aliphatic rings. The van der Waals surface area contributed by atoms with Crippen molar-refractivity contribution in [1.29, 1.82) is 0 Å². The van der Waals surface area contributed by atoms with E-state index in [4.69, 9.17) is 14.5 Å². The SMILES string of the molecule is COc1ccc(C(NC2=NC(C)(c3cc(Br)ccc3F)C(C)(C)C(=O)N2C)(c2ccccc2)c2ccc(OC)cc2)cc1. The summed E-state index contributed by atoms with van der Waals surface area (Å²) in [4.78, 5) is 20.9. The Bertz CT molecular complexity index is 1610. The van der Waals surface area contributed by atoms with Crippen molar-refractivity contribution in [2.75, 3.05) is 21.3 Å². The number of rotatable bonds is 7. The summed E-state index contributed by atoms with van der Waals surface area (Å²) < 4.78 is 27.2. The van der Waals surface area contributed by atoms with Crippen LogP contribution in [0.15, 0.2) is 107 Å². The number of benzene rings is 4. The van der Waals surface area contributed by atoms with Crippen LogP contribution >= 0.6 is 15.9 Å². The predicted octanol–water partition coefficient (Wildman–Crippen LogP) is 7.26. The summed E-state index contributed by atoms with van der Waals surface area (Å²) in [6.45, 7) is 5.43. The minimum Gasteiger partial charge on any atom is -0.497 e. The number of carbonyl (C=O) groups is 1. The van der Waals surface area contributed by atoms with Gasteiger partial charge in [-0.3, -0.25) is 9.69 Å². The molecule has 1 N–H and O–H groups in total. The van der Waals surface area contributed by atoms with E-state index < -0.39 is 22.3 Å². The normalized spacial score (nSPS) is 18.2. The van der Waals surface area contributed by atoms with Crippen LogP contribution in [-0.4, -0.2) is 38.0 Å². The minimum atomic E-state index is -1.24. The highest BCUT2D eigenvalue weighted by Crippen LogP contribution is 2.49. The lowest BCUT2D eigenvalue weighted by Crippen LogP contribution is -2.62. The maximum absolute atomic E-state index is 15.5. The topological polar surface area (TPSA) is 63.2 Å². The van der Waals surface area contributed by atoms with Crippen LogP contribution in [0.2, 0.25) is 0 Å². The molecule has 0 aliphatic carbocycles. The summed E-state index contributed by atoms with van der Waals surface area (Å²) in [5.74, 6) is 1.10. The van der Waals surface area contributed by atoms with Gasteiger partial charge in [0.25, 0.3) is 0 Å². The Hall–Kier alpha value is -4.17. The van der Waals surface area contributed by atoms with Gasteiger partial charge in [-0.1, -0.05) is 70.5 Å². The van der Waals surface area contributed by atoms with Crippen LogP contribution in [-0.2, 0) is 15.9 Å². The monoisotopic (exact) mass is 643 g/mol. The van der Waals surface area contributed by atoms with E-state index in [9.17, 15) is 4.79 Å². The molecule has 1 heterocycles. The Labute approximate surface area is 260 Å². The van der Waals surface area contributed by atoms with Gasteiger partial charge in [0.2, 0.25) is 11.9 Å². The van der Waals surface area contributed by atoms with Crippen molar-refractivity contribution in [2.24, 2.45) is 10.4 Å². The maximum Gasteiger partial charge on any atom is 0.237 e. The Morgan fingerprint density at radius 1 is 0.814 bits per heavy atom. The molecule has 1 unspecified atom stereocenters. The van der Waals surface area contributed by atoms with Gasteiger partial charge >= 0.3 is 0 Å². The molecule has 0 radical (unpaired) electrons. The molecular weight excluding hydrogens is 609 g/mol. The predicted molar refractivity (Wildman–Crippen MR) is 171 cm³/mol. The van der Waals surface area contributed by atoms with E-state index in [0.29, 0.717) is 27.5 Å². The van der Waals surface area contributed by atoms with Gasteiger partial charge in [-0.2, -0.15) is 0 Å². The summed E-state index contributed by atoms with van der Waals surface area (Å²) in [6, 6.07) is 30.3. The van der Waals surface area contributed by atoms with Crippen LogP contribution < -0.4 is 14.8 Å². The van der Waals surface area contributed by atoms with Gasteiger partial charge < -0.3 is 14.8 Å². The number of halogens is 2. The number of nitrogens with zero attached hydrogens (tertiary/aromatic N) is 2. The van der Waals surface area contributed by atoms with Crippen molar-refractivity contribution in [2.45, 2.75) is 31.8 Å². The van der Waals surface area contributed by atoms with Gasteiger partial charge in [0, 0.05) is 17.1 Å². The molecule has 4 aromatic rings. The van der Waals surface area contributed by atoms with Crippen molar-refractivity contribution >= 4 is 27.8 Å². The number of nitrogens with one attached hydrogen (secondary N) is 1. The number of methoxy groups -OCH3 is 2. The van der Waals surface area contributed by atoms with Crippen LogP contribution in [0.1, 0.15) is 43.0 Å². The molecule has 5 rings (SSSR count). The average molecular weight is 645 g/mol. The number of amides is 1. The lowest BCUT2D eigenvalue weighted by atomic mass is 9.67. The molecule has 1 amide bonds. The summed E-state index contributed by atoms with van der Waals surface area (Å²) in [5.41, 5.74) is -0.326. The molecule has 1 atom stereocenters. The van der Waals surface area contributed by atoms with Crippen molar-refractivity contribution in [3.05, 3.63) is 130 Å². The summed E-state index contributed by atoms with van der Waals surface area (Å²) in [7, 11) is 4.95. The van der Waals surface area contributed by atoms with E-state index in [2.05, 4.69) is 21.2 Å². The van der Waals surface area contributed by atoms with E-state index in [-0.39, 0.29) is 5.91 Å². The Morgan fingerprint density at radius 3 is 1.84 bits per heavy atom. The van der Waals surface area contributed by atoms with Gasteiger partial charge in [0.1, 0.15) is 28.4 Å². The van der Waals surface area contributed by atoms with Crippen LogP contribution in [0, 0.1) is 11.2 Å². The number of hydrogen-bond donors (Lipinski definition) is 1. The molecule has 0 bridgehead atoms. The van der Waals surface area contributed by atoms with Gasteiger partial charge in [-0.05, 0) is 79.9 Å². The third-order valence-corrected chi connectivity index (χ3v) is 9.20. The largest absolute Gasteiger partial charge is 0.497 e. The highest BCUT2D eigenvalue weighted by atomic mass is 79.9. The second-order valence-electron chi connectivity index (χ2n) is 11.3. The molecule has 0 saturated heterocycles. The highest BCUT2D eigenvalue weighted by Gasteiger charge is 2.55. The first kappa shape index (κ1) is 30.3. The second kappa shape index (κ2) is 11.5. The van der Waals surface area contributed by atoms with Crippen LogP contribution in [0.5, 0.6) is 11.5 Å². The number of hydrogen-bond acceptors (Lipinski definition) is 5. The first-order chi connectivity index (χ1) is 20.5. The fraction of sp³-hybridized carbons (Fsp3) is 0.257. The smallest absolute Gasteiger partial charge is 0.237 e. The first-order valence-electron chi connectivity index (χ1n) is 13.9. The number of ether oxygens (including phenoxy) is 2. The highest BCUT2D eigenvalue weighted by molar-refractivity contribution is 9.10. The molecule has 4 aromatic carbocycles. The molecule has 8 heteroatoms. The molecule has 1 aliphatic heterocycles. The molecule has 222 valence electrons. The fourth-order valence-electron chi connectivity index (χ4n) is 5.78. The molecule has 6 nitrogen and oxygen atoms in total. The fourth-order valence-corrected chi connectivity index (χ4v) is 6.14. The van der Waals surface area contributed by atoms with Crippen molar-refractivity contribution < 1.29 is 18.7 Å². The Balaban J connectivity index is 1.81. The van der Waals surface area contributed by atoms with Gasteiger partial charge in [-0.15, -0.1) is 0 Å². The molecule has 43 heavy (non-hydrogen) atoms. The molecule has 0 fully saturated rings. The first-order valence-corrected chi connectivity index (χ1v) is 14.7. The third kappa shape index (κ3) is 5.07. The third-order valence-electron chi connectivity index (χ3n) is 8.71. The van der Waals surface area contributed by atoms with E-state index in [1.54, 1.807) is 33.4 Å². The summed E-state index contributed by atoms with van der Waals surface area (Å²) >= 11 is 3.48. The van der Waals surface area contributed by atoms with E-state index in [1.165, 1.54) is 11.0 Å². The summed E-state index contributed by atoms with van der Waals surface area (Å²) in [6.07, 6.45) is 0. The van der Waals surface area contributed by atoms with E-state index in [1.807, 2.05) is 99.6 Å². The zero-order valence-corrected chi connectivity index (χ0v) is 26.7. The van der Waals surface area contributed by atoms with E-state index >= 15 is 4.39 Å². The van der Waals surface area contributed by atoms with Crippen molar-refractivity contribution in [3.8, 4) is 11.5 Å². The lowest BCUT2D eigenvalue weighted by molar-refractivity contribution is -0.140. The van der Waals surface area contributed by atoms with Gasteiger partial charge in [0.15, 0.2) is 0 Å². The van der Waals surface area contributed by atoms with E-state index in [0.717, 1.165) is 16.7 Å². The maximum atomic E-state index is 15.5. The zero-order valence-electron chi connectivity index (χ0n) is 25.1. The van der Waals surface area contributed by atoms with Crippen molar-refractivity contribution in [1.82, 2.24) is 10.2 Å². The standard InChI is InChI=1S/C35H35BrFN3O3/c1-33(2)31(41)40(4)32(38-34(33,3)29-22-26(36)16-21-30(29)37)39-35(23-10-8-7-9-11-23,24-12-17-27(42-5)18-13-24)25-14-19-28(43-6)20-15-25/h7-22H,1-6H3,(H,38,39). The number of guanidine groups is 1. The van der Waals surface area contributed by atoms with Crippen LogP contribution in [0.25, 0.3) is 0 Å². The van der Waals surface area contributed by atoms with Crippen molar-refractivity contribution in [3.63, 3.8) is 0 Å². The second-order valence-corrected chi connectivity index (χ2v) is 12.2. The van der Waals surface area contributed by atoms with Crippen LogP contribution in [0.3, 0.4) is 0 Å². The molecular formula is C35H35BrFN3O3. The minimum absolute atomic E-state index is 0.196. The molecule has 0 aromatic heterocycles. The quantitative estimate of drug-likeness (QED) is 0.215. The zero-order chi connectivity index (χ0) is 31.0. The lowest BCUT2D eigenvalue weighted by Gasteiger charge is -2.49. The number of carbonyl (C=O) groups excluding carboxylic acids is 1. The van der Waals surface area contributed by atoms with Crippen LogP contribution in [0.4, 0.5) is 4.39 Å². The summed E-state index contributed by atoms with van der Waals surface area (Å²) in [5, 5.41) is 3.71. The van der Waals surface area contributed by atoms with Gasteiger partial charge in [-0.25, -0.2) is 9.38 Å².